The van der Waals surface area contributed by atoms with Crippen LogP contribution in [0.2, 0.25) is 0 Å². The van der Waals surface area contributed by atoms with Crippen LogP contribution in [0.3, 0.4) is 0 Å². The Balaban J connectivity index is 1.50. The summed E-state index contributed by atoms with van der Waals surface area (Å²) in [5, 5.41) is 20.7. The third-order valence-electron chi connectivity index (χ3n) is 10.3. The zero-order valence-electron chi connectivity index (χ0n) is 19.7. The van der Waals surface area contributed by atoms with Gasteiger partial charge in [0.1, 0.15) is 0 Å². The van der Waals surface area contributed by atoms with Crippen LogP contribution >= 0.6 is 0 Å². The second-order valence-electron chi connectivity index (χ2n) is 12.3. The lowest BCUT2D eigenvalue weighted by atomic mass is 9.46. The number of aliphatic hydroxyl groups excluding tert-OH is 2. The van der Waals surface area contributed by atoms with E-state index in [4.69, 9.17) is 0 Å². The fourth-order valence-electron chi connectivity index (χ4n) is 8.71. The summed E-state index contributed by atoms with van der Waals surface area (Å²) in [6.45, 7) is 12.3. The Labute approximate surface area is 179 Å². The van der Waals surface area contributed by atoms with E-state index in [0.29, 0.717) is 17.8 Å². The Kier molecular flexibility index (Phi) is 6.01. The van der Waals surface area contributed by atoms with Crippen LogP contribution in [0.4, 0.5) is 0 Å². The minimum absolute atomic E-state index is 0.115. The highest BCUT2D eigenvalue weighted by Gasteiger charge is 2.59. The summed E-state index contributed by atoms with van der Waals surface area (Å²) < 4.78 is 0. The monoisotopic (exact) mass is 402 g/mol. The molecule has 29 heavy (non-hydrogen) atoms. The highest BCUT2D eigenvalue weighted by Crippen LogP contribution is 2.67. The van der Waals surface area contributed by atoms with Crippen LogP contribution < -0.4 is 0 Å². The van der Waals surface area contributed by atoms with Gasteiger partial charge in [0.05, 0.1) is 12.2 Å². The van der Waals surface area contributed by atoms with Gasteiger partial charge in [-0.05, 0) is 91.3 Å². The lowest BCUT2D eigenvalue weighted by Gasteiger charge is -2.59. The summed E-state index contributed by atoms with van der Waals surface area (Å²) in [5.41, 5.74) is 2.09. The fourth-order valence-corrected chi connectivity index (χ4v) is 8.71. The predicted octanol–water partition coefficient (Wildman–Crippen LogP) is 6.36. The highest BCUT2D eigenvalue weighted by atomic mass is 16.3. The van der Waals surface area contributed by atoms with Crippen molar-refractivity contribution in [1.82, 2.24) is 0 Å². The second-order valence-corrected chi connectivity index (χ2v) is 12.3. The highest BCUT2D eigenvalue weighted by molar-refractivity contribution is 5.26. The molecule has 2 heteroatoms. The van der Waals surface area contributed by atoms with Gasteiger partial charge in [0.2, 0.25) is 0 Å². The number of hydrogen-bond acceptors (Lipinski definition) is 2. The van der Waals surface area contributed by atoms with E-state index in [0.717, 1.165) is 36.0 Å². The van der Waals surface area contributed by atoms with Crippen molar-refractivity contribution in [3.8, 4) is 0 Å². The van der Waals surface area contributed by atoms with Gasteiger partial charge in [-0.3, -0.25) is 0 Å². The third-order valence-corrected chi connectivity index (χ3v) is 10.3. The molecule has 0 radical (unpaired) electrons. The molecular formula is C27H46O2. The van der Waals surface area contributed by atoms with Crippen LogP contribution in [0.5, 0.6) is 0 Å². The molecule has 3 saturated carbocycles. The Bertz CT molecular complexity index is 624. The molecule has 0 spiro atoms. The molecule has 166 valence electrons. The first kappa shape index (κ1) is 21.9. The van der Waals surface area contributed by atoms with Gasteiger partial charge in [0, 0.05) is 0 Å². The molecule has 0 aromatic carbocycles. The molecule has 4 aliphatic carbocycles. The van der Waals surface area contributed by atoms with Crippen LogP contribution in [-0.4, -0.2) is 22.4 Å². The molecule has 2 N–H and O–H groups in total. The number of allylic oxidation sites excluding steroid dienone is 1. The van der Waals surface area contributed by atoms with Gasteiger partial charge in [-0.25, -0.2) is 0 Å². The first-order valence-electron chi connectivity index (χ1n) is 12.7. The largest absolute Gasteiger partial charge is 0.390 e. The summed E-state index contributed by atoms with van der Waals surface area (Å²) in [6.07, 6.45) is 13.8. The van der Waals surface area contributed by atoms with Crippen molar-refractivity contribution < 1.29 is 10.2 Å². The van der Waals surface area contributed by atoms with Crippen LogP contribution in [-0.2, 0) is 0 Å². The minimum atomic E-state index is -0.553. The van der Waals surface area contributed by atoms with E-state index < -0.39 is 12.2 Å². The summed E-state index contributed by atoms with van der Waals surface area (Å²) >= 11 is 0. The van der Waals surface area contributed by atoms with Crippen molar-refractivity contribution in [3.05, 3.63) is 11.6 Å². The van der Waals surface area contributed by atoms with E-state index in [9.17, 15) is 10.2 Å². The van der Waals surface area contributed by atoms with E-state index in [2.05, 4.69) is 40.7 Å². The molecule has 0 saturated heterocycles. The SMILES string of the molecule is CC(C)CCC[C@@H](C)[C@H]1CC[C@H]2[C@@H]3CC=C4CC(O)[C@H](O)C[C@]4(C)[C@H]3CC[C@]12C. The maximum atomic E-state index is 10.5. The standard InChI is InChI=1S/C27H46O2/c1-17(2)7-6-8-18(3)21-11-12-22-20-10-9-19-15-24(28)25(29)16-27(19,5)23(20)13-14-26(21,22)4/h9,17-18,20-25,28-29H,6-8,10-16H2,1-5H3/t18-,20+,21-,22+,23+,24?,25-,26-,27+/m1/s1. The normalized spacial score (nSPS) is 47.9. The number of aliphatic hydroxyl groups is 2. The topological polar surface area (TPSA) is 40.5 Å². The molecule has 0 aromatic heterocycles. The van der Waals surface area contributed by atoms with Crippen LogP contribution in [0, 0.1) is 46.3 Å². The van der Waals surface area contributed by atoms with E-state index in [-0.39, 0.29) is 5.41 Å². The molecule has 0 aromatic rings. The summed E-state index contributed by atoms with van der Waals surface area (Å²) in [5.74, 6) is 4.95. The van der Waals surface area contributed by atoms with Crippen LogP contribution in [0.1, 0.15) is 98.8 Å². The minimum Gasteiger partial charge on any atom is -0.390 e. The van der Waals surface area contributed by atoms with Crippen molar-refractivity contribution >= 4 is 0 Å². The Morgan fingerprint density at radius 2 is 1.76 bits per heavy atom. The van der Waals surface area contributed by atoms with Crippen LogP contribution in [0.25, 0.3) is 0 Å². The maximum absolute atomic E-state index is 10.5. The van der Waals surface area contributed by atoms with E-state index in [1.807, 2.05) is 0 Å². The van der Waals surface area contributed by atoms with E-state index in [1.54, 1.807) is 0 Å². The van der Waals surface area contributed by atoms with Gasteiger partial charge in [-0.1, -0.05) is 65.5 Å². The first-order chi connectivity index (χ1) is 13.7. The maximum Gasteiger partial charge on any atom is 0.0836 e. The quantitative estimate of drug-likeness (QED) is 0.525. The first-order valence-corrected chi connectivity index (χ1v) is 12.7. The van der Waals surface area contributed by atoms with Gasteiger partial charge in [0.25, 0.3) is 0 Å². The zero-order chi connectivity index (χ0) is 21.0. The second kappa shape index (κ2) is 7.97. The summed E-state index contributed by atoms with van der Waals surface area (Å²) in [7, 11) is 0. The molecule has 0 amide bonds. The summed E-state index contributed by atoms with van der Waals surface area (Å²) in [4.78, 5) is 0. The smallest absolute Gasteiger partial charge is 0.0836 e. The van der Waals surface area contributed by atoms with Crippen molar-refractivity contribution in [2.75, 3.05) is 0 Å². The molecule has 0 aliphatic heterocycles. The van der Waals surface area contributed by atoms with Crippen molar-refractivity contribution in [1.29, 1.82) is 0 Å². The van der Waals surface area contributed by atoms with E-state index in [1.165, 1.54) is 56.9 Å². The average molecular weight is 403 g/mol. The van der Waals surface area contributed by atoms with Gasteiger partial charge in [-0.15, -0.1) is 0 Å². The van der Waals surface area contributed by atoms with Crippen molar-refractivity contribution in [3.63, 3.8) is 0 Å². The molecule has 0 heterocycles. The number of fused-ring (bicyclic) bond motifs is 5. The summed E-state index contributed by atoms with van der Waals surface area (Å²) in [6, 6.07) is 0. The van der Waals surface area contributed by atoms with Crippen molar-refractivity contribution in [2.24, 2.45) is 46.3 Å². The third kappa shape index (κ3) is 3.65. The van der Waals surface area contributed by atoms with Gasteiger partial charge in [-0.2, -0.15) is 0 Å². The van der Waals surface area contributed by atoms with Crippen LogP contribution in [0.15, 0.2) is 11.6 Å². The molecule has 3 fully saturated rings. The lowest BCUT2D eigenvalue weighted by Crippen LogP contribution is -2.53. The van der Waals surface area contributed by atoms with E-state index >= 15 is 0 Å². The Hall–Kier alpha value is -0.340. The average Bonchev–Trinajstić information content (AvgIpc) is 3.00. The Morgan fingerprint density at radius 1 is 1.00 bits per heavy atom. The van der Waals surface area contributed by atoms with Gasteiger partial charge < -0.3 is 10.2 Å². The fraction of sp³-hybridized carbons (Fsp3) is 0.926. The molecule has 2 nitrogen and oxygen atoms in total. The molecule has 4 rings (SSSR count). The number of hydrogen-bond donors (Lipinski definition) is 2. The lowest BCUT2D eigenvalue weighted by molar-refractivity contribution is -0.0889. The van der Waals surface area contributed by atoms with Gasteiger partial charge >= 0.3 is 0 Å². The van der Waals surface area contributed by atoms with Crippen molar-refractivity contribution in [2.45, 2.75) is 111 Å². The Morgan fingerprint density at radius 3 is 2.48 bits per heavy atom. The molecule has 4 aliphatic rings. The molecule has 1 unspecified atom stereocenters. The number of rotatable bonds is 5. The zero-order valence-corrected chi connectivity index (χ0v) is 19.7. The predicted molar refractivity (Wildman–Crippen MR) is 120 cm³/mol. The molecule has 0 bridgehead atoms. The molecule has 9 atom stereocenters. The van der Waals surface area contributed by atoms with Gasteiger partial charge in [0.15, 0.2) is 0 Å². The molecular weight excluding hydrogens is 356 g/mol.